The molecular weight excluding hydrogens is 462 g/mol. The van der Waals surface area contributed by atoms with Crippen LogP contribution in [0.4, 0.5) is 4.79 Å². The second-order valence-electron chi connectivity index (χ2n) is 9.63. The summed E-state index contributed by atoms with van der Waals surface area (Å²) in [6.07, 6.45) is -0.0509. The summed E-state index contributed by atoms with van der Waals surface area (Å²) in [6, 6.07) is 15.6. The van der Waals surface area contributed by atoms with Gasteiger partial charge in [0.05, 0.1) is 0 Å². The first-order valence-corrected chi connectivity index (χ1v) is 12.4. The summed E-state index contributed by atoms with van der Waals surface area (Å²) in [4.78, 5) is 41.8. The maximum Gasteiger partial charge on any atom is 0.410 e. The Labute approximate surface area is 210 Å². The van der Waals surface area contributed by atoms with Crippen LogP contribution in [0, 0.1) is 0 Å². The van der Waals surface area contributed by atoms with Crippen molar-refractivity contribution in [2.45, 2.75) is 51.3 Å². The molecule has 3 amide bonds. The second-order valence-corrected chi connectivity index (χ2v) is 10.5. The predicted molar refractivity (Wildman–Crippen MR) is 139 cm³/mol. The molecule has 2 atom stereocenters. The number of nitrogens with two attached hydrogens (primary N) is 1. The molecule has 3 aromatic rings. The van der Waals surface area contributed by atoms with Crippen molar-refractivity contribution >= 4 is 39.3 Å². The fourth-order valence-corrected chi connectivity index (χ4v) is 4.88. The van der Waals surface area contributed by atoms with Gasteiger partial charge in [-0.2, -0.15) is 0 Å². The number of ether oxygens (including phenoxy) is 1. The standard InChI is InChI=1S/C27H33N3O4S/c1-27(2,3)34-26(33)30(5)22(16-19-17-35-23-14-10-9-13-20(19)23)25(32)29(4)21(24(28)31)15-18-11-7-6-8-12-18/h6-14,17,21-22H,15-16H2,1-5H3,(H2,28,31)/t21-,22-/m1/s1. The van der Waals surface area contributed by atoms with Crippen LogP contribution in [-0.4, -0.2) is 59.5 Å². The van der Waals surface area contributed by atoms with Crippen molar-refractivity contribution in [3.05, 3.63) is 71.1 Å². The number of likely N-dealkylation sites (N-methyl/N-ethyl adjacent to an activating group) is 2. The number of carbonyl (C=O) groups excluding carboxylic acids is 3. The van der Waals surface area contributed by atoms with Crippen LogP contribution in [0.5, 0.6) is 0 Å². The van der Waals surface area contributed by atoms with Crippen LogP contribution in [0.3, 0.4) is 0 Å². The van der Waals surface area contributed by atoms with Gasteiger partial charge in [0.2, 0.25) is 11.8 Å². The summed E-state index contributed by atoms with van der Waals surface area (Å²) in [5.41, 5.74) is 6.83. The Kier molecular flexibility index (Phi) is 8.17. The summed E-state index contributed by atoms with van der Waals surface area (Å²) in [6.45, 7) is 5.32. The molecule has 0 radical (unpaired) electrons. The number of benzene rings is 2. The van der Waals surface area contributed by atoms with Crippen molar-refractivity contribution in [2.24, 2.45) is 5.73 Å². The number of fused-ring (bicyclic) bond motifs is 1. The Morgan fingerprint density at radius 2 is 1.54 bits per heavy atom. The number of rotatable bonds is 8. The molecule has 0 saturated heterocycles. The van der Waals surface area contributed by atoms with E-state index < -0.39 is 29.7 Å². The molecule has 1 heterocycles. The Hall–Kier alpha value is -3.39. The zero-order valence-electron chi connectivity index (χ0n) is 20.9. The van der Waals surface area contributed by atoms with Gasteiger partial charge in [-0.3, -0.25) is 14.5 Å². The van der Waals surface area contributed by atoms with E-state index in [-0.39, 0.29) is 18.7 Å². The number of carbonyl (C=O) groups is 3. The van der Waals surface area contributed by atoms with Crippen molar-refractivity contribution in [1.29, 1.82) is 0 Å². The lowest BCUT2D eigenvalue weighted by Gasteiger charge is -2.34. The van der Waals surface area contributed by atoms with Crippen LogP contribution in [0.2, 0.25) is 0 Å². The van der Waals surface area contributed by atoms with E-state index in [4.69, 9.17) is 10.5 Å². The molecule has 2 N–H and O–H groups in total. The van der Waals surface area contributed by atoms with Crippen molar-refractivity contribution in [1.82, 2.24) is 9.80 Å². The van der Waals surface area contributed by atoms with Gasteiger partial charge in [0.1, 0.15) is 17.7 Å². The van der Waals surface area contributed by atoms with Gasteiger partial charge in [-0.15, -0.1) is 11.3 Å². The Morgan fingerprint density at radius 3 is 2.17 bits per heavy atom. The SMILES string of the molecule is CN(C(=O)OC(C)(C)C)[C@H](Cc1csc2ccccc12)C(=O)N(C)[C@H](Cc1ccccc1)C(N)=O. The van der Waals surface area contributed by atoms with Gasteiger partial charge in [-0.1, -0.05) is 48.5 Å². The molecule has 0 saturated carbocycles. The minimum absolute atomic E-state index is 0.278. The van der Waals surface area contributed by atoms with Crippen molar-refractivity contribution in [2.75, 3.05) is 14.1 Å². The van der Waals surface area contributed by atoms with Crippen LogP contribution in [0.25, 0.3) is 10.1 Å². The van der Waals surface area contributed by atoms with Crippen LogP contribution < -0.4 is 5.73 Å². The van der Waals surface area contributed by atoms with Crippen LogP contribution in [0.1, 0.15) is 31.9 Å². The summed E-state index contributed by atoms with van der Waals surface area (Å²) in [5.74, 6) is -0.988. The average Bonchev–Trinajstić information content (AvgIpc) is 3.22. The van der Waals surface area contributed by atoms with E-state index in [1.165, 1.54) is 9.80 Å². The molecule has 0 unspecified atom stereocenters. The van der Waals surface area contributed by atoms with E-state index in [0.717, 1.165) is 21.2 Å². The van der Waals surface area contributed by atoms with Gasteiger partial charge in [0, 0.05) is 31.6 Å². The van der Waals surface area contributed by atoms with Gasteiger partial charge < -0.3 is 15.4 Å². The Bertz CT molecular complexity index is 1190. The van der Waals surface area contributed by atoms with Gasteiger partial charge in [-0.25, -0.2) is 4.79 Å². The first-order valence-electron chi connectivity index (χ1n) is 11.5. The third kappa shape index (κ3) is 6.60. The van der Waals surface area contributed by atoms with Crippen molar-refractivity contribution in [3.63, 3.8) is 0 Å². The number of thiophene rings is 1. The number of hydrogen-bond donors (Lipinski definition) is 1. The lowest BCUT2D eigenvalue weighted by Crippen LogP contribution is -2.55. The highest BCUT2D eigenvalue weighted by molar-refractivity contribution is 7.17. The molecule has 0 bridgehead atoms. The molecular formula is C27H33N3O4S. The molecule has 1 aromatic heterocycles. The monoisotopic (exact) mass is 495 g/mol. The van der Waals surface area contributed by atoms with Crippen molar-refractivity contribution in [3.8, 4) is 0 Å². The fraction of sp³-hybridized carbons (Fsp3) is 0.370. The number of hydrogen-bond acceptors (Lipinski definition) is 5. The fourth-order valence-electron chi connectivity index (χ4n) is 3.90. The number of amides is 3. The highest BCUT2D eigenvalue weighted by Gasteiger charge is 2.36. The van der Waals surface area contributed by atoms with E-state index in [9.17, 15) is 14.4 Å². The molecule has 2 aromatic carbocycles. The largest absolute Gasteiger partial charge is 0.444 e. The Morgan fingerprint density at radius 1 is 0.914 bits per heavy atom. The molecule has 0 spiro atoms. The van der Waals surface area contributed by atoms with Gasteiger partial charge >= 0.3 is 6.09 Å². The average molecular weight is 496 g/mol. The number of primary amides is 1. The molecule has 186 valence electrons. The maximum atomic E-state index is 13.8. The van der Waals surface area contributed by atoms with Gasteiger partial charge in [-0.05, 0) is 48.7 Å². The minimum Gasteiger partial charge on any atom is -0.444 e. The van der Waals surface area contributed by atoms with Crippen LogP contribution >= 0.6 is 11.3 Å². The van der Waals surface area contributed by atoms with E-state index >= 15 is 0 Å². The summed E-state index contributed by atoms with van der Waals surface area (Å²) in [5, 5.41) is 3.04. The molecule has 8 heteroatoms. The maximum absolute atomic E-state index is 13.8. The predicted octanol–water partition coefficient (Wildman–Crippen LogP) is 4.23. The van der Waals surface area contributed by atoms with Crippen LogP contribution in [0.15, 0.2) is 60.0 Å². The molecule has 0 aliphatic rings. The molecule has 0 aliphatic carbocycles. The van der Waals surface area contributed by atoms with E-state index in [0.29, 0.717) is 0 Å². The molecule has 7 nitrogen and oxygen atoms in total. The summed E-state index contributed by atoms with van der Waals surface area (Å²) in [7, 11) is 3.11. The number of nitrogens with zero attached hydrogens (tertiary/aromatic N) is 2. The first-order chi connectivity index (χ1) is 16.5. The zero-order valence-corrected chi connectivity index (χ0v) is 21.7. The van der Waals surface area contributed by atoms with E-state index in [1.54, 1.807) is 46.2 Å². The third-order valence-electron chi connectivity index (χ3n) is 5.82. The lowest BCUT2D eigenvalue weighted by atomic mass is 10.00. The molecule has 0 fully saturated rings. The quantitative estimate of drug-likeness (QED) is 0.506. The smallest absolute Gasteiger partial charge is 0.410 e. The molecule has 0 aliphatic heterocycles. The normalized spacial score (nSPS) is 13.2. The first kappa shape index (κ1) is 26.2. The van der Waals surface area contributed by atoms with Crippen molar-refractivity contribution < 1.29 is 19.1 Å². The zero-order chi connectivity index (χ0) is 25.8. The Balaban J connectivity index is 1.93. The lowest BCUT2D eigenvalue weighted by molar-refractivity contribution is -0.141. The van der Waals surface area contributed by atoms with E-state index in [1.807, 2.05) is 60.0 Å². The summed E-state index contributed by atoms with van der Waals surface area (Å²) >= 11 is 1.59. The van der Waals surface area contributed by atoms with Crippen LogP contribution in [-0.2, 0) is 27.2 Å². The third-order valence-corrected chi connectivity index (χ3v) is 6.84. The molecule has 3 rings (SSSR count). The second kappa shape index (κ2) is 10.9. The van der Waals surface area contributed by atoms with E-state index in [2.05, 4.69) is 0 Å². The minimum atomic E-state index is -0.884. The van der Waals surface area contributed by atoms with Gasteiger partial charge in [0.25, 0.3) is 0 Å². The molecule has 35 heavy (non-hydrogen) atoms. The highest BCUT2D eigenvalue weighted by Crippen LogP contribution is 2.28. The topological polar surface area (TPSA) is 92.9 Å². The van der Waals surface area contributed by atoms with Gasteiger partial charge in [0.15, 0.2) is 0 Å². The summed E-state index contributed by atoms with van der Waals surface area (Å²) < 4.78 is 6.65. The highest BCUT2D eigenvalue weighted by atomic mass is 32.1.